The summed E-state index contributed by atoms with van der Waals surface area (Å²) in [5, 5.41) is 17.4. The maximum atomic E-state index is 12.9. The van der Waals surface area contributed by atoms with E-state index in [0.29, 0.717) is 0 Å². The van der Waals surface area contributed by atoms with Gasteiger partial charge >= 0.3 is 0 Å². The summed E-state index contributed by atoms with van der Waals surface area (Å²) in [6, 6.07) is 0. The molecule has 1 rings (SSSR count). The molecule has 0 amide bonds. The van der Waals surface area contributed by atoms with Crippen molar-refractivity contribution in [3.63, 3.8) is 0 Å². The van der Waals surface area contributed by atoms with Crippen LogP contribution in [0.2, 0.25) is 0 Å². The van der Waals surface area contributed by atoms with Gasteiger partial charge in [0.25, 0.3) is 0 Å². The van der Waals surface area contributed by atoms with E-state index in [1.54, 1.807) is 6.92 Å². The zero-order valence-corrected chi connectivity index (χ0v) is 5.75. The van der Waals surface area contributed by atoms with Gasteiger partial charge in [-0.2, -0.15) is 0 Å². The lowest BCUT2D eigenvalue weighted by atomic mass is 10.1. The SMILES string of the molecule is C[C@@H]1O[C@](F)(CO)C[C@H]1O. The molecule has 3 nitrogen and oxygen atoms in total. The molecule has 0 aromatic carbocycles. The lowest BCUT2D eigenvalue weighted by Gasteiger charge is -2.14. The van der Waals surface area contributed by atoms with Gasteiger partial charge in [-0.1, -0.05) is 0 Å². The van der Waals surface area contributed by atoms with Gasteiger partial charge in [-0.3, -0.25) is 0 Å². The Morgan fingerprint density at radius 3 is 2.60 bits per heavy atom. The second-order valence-corrected chi connectivity index (χ2v) is 2.64. The lowest BCUT2D eigenvalue weighted by molar-refractivity contribution is -0.156. The maximum Gasteiger partial charge on any atom is 0.235 e. The van der Waals surface area contributed by atoms with Crippen LogP contribution in [0.25, 0.3) is 0 Å². The first-order chi connectivity index (χ1) is 4.57. The Hall–Kier alpha value is -0.190. The van der Waals surface area contributed by atoms with E-state index in [0.717, 1.165) is 0 Å². The highest BCUT2D eigenvalue weighted by atomic mass is 19.2. The second-order valence-electron chi connectivity index (χ2n) is 2.64. The average Bonchev–Trinajstić information content (AvgIpc) is 2.10. The van der Waals surface area contributed by atoms with E-state index >= 15 is 0 Å². The largest absolute Gasteiger partial charge is 0.390 e. The van der Waals surface area contributed by atoms with Gasteiger partial charge in [0.1, 0.15) is 6.61 Å². The molecule has 1 aliphatic rings. The van der Waals surface area contributed by atoms with E-state index in [2.05, 4.69) is 4.74 Å². The van der Waals surface area contributed by atoms with Crippen molar-refractivity contribution in [3.05, 3.63) is 0 Å². The van der Waals surface area contributed by atoms with Crippen LogP contribution in [0, 0.1) is 0 Å². The number of rotatable bonds is 1. The molecule has 0 spiro atoms. The van der Waals surface area contributed by atoms with Gasteiger partial charge in [0.15, 0.2) is 0 Å². The predicted octanol–water partition coefficient (Wildman–Crippen LogP) is -0.186. The van der Waals surface area contributed by atoms with Gasteiger partial charge in [0.05, 0.1) is 12.2 Å². The summed E-state index contributed by atoms with van der Waals surface area (Å²) in [6.45, 7) is 0.885. The quantitative estimate of drug-likeness (QED) is 0.545. The molecular formula is C6H11FO3. The summed E-state index contributed by atoms with van der Waals surface area (Å²) in [6.07, 6.45) is -1.45. The minimum absolute atomic E-state index is 0.134. The number of hydrogen-bond acceptors (Lipinski definition) is 3. The monoisotopic (exact) mass is 150 g/mol. The molecule has 0 radical (unpaired) electrons. The van der Waals surface area contributed by atoms with Crippen molar-refractivity contribution in [3.8, 4) is 0 Å². The van der Waals surface area contributed by atoms with E-state index in [1.165, 1.54) is 0 Å². The van der Waals surface area contributed by atoms with Gasteiger partial charge in [0, 0.05) is 6.42 Å². The number of hydrogen-bond donors (Lipinski definition) is 2. The molecule has 1 fully saturated rings. The Kier molecular flexibility index (Phi) is 1.94. The highest BCUT2D eigenvalue weighted by molar-refractivity contribution is 4.84. The zero-order chi connectivity index (χ0) is 7.78. The molecule has 1 heterocycles. The van der Waals surface area contributed by atoms with Crippen LogP contribution in [0.4, 0.5) is 4.39 Å². The predicted molar refractivity (Wildman–Crippen MR) is 32.1 cm³/mol. The molecule has 0 aromatic heterocycles. The van der Waals surface area contributed by atoms with Crippen molar-refractivity contribution in [2.45, 2.75) is 31.4 Å². The van der Waals surface area contributed by atoms with Gasteiger partial charge < -0.3 is 14.9 Å². The Labute approximate surface area is 58.4 Å². The summed E-state index contributed by atoms with van der Waals surface area (Å²) in [4.78, 5) is 0. The summed E-state index contributed by atoms with van der Waals surface area (Å²) in [7, 11) is 0. The van der Waals surface area contributed by atoms with Crippen molar-refractivity contribution in [2.24, 2.45) is 0 Å². The number of halogens is 1. The summed E-state index contributed by atoms with van der Waals surface area (Å²) >= 11 is 0. The van der Waals surface area contributed by atoms with Crippen LogP contribution in [0.5, 0.6) is 0 Å². The van der Waals surface area contributed by atoms with Crippen molar-refractivity contribution < 1.29 is 19.3 Å². The van der Waals surface area contributed by atoms with Crippen LogP contribution >= 0.6 is 0 Å². The lowest BCUT2D eigenvalue weighted by Crippen LogP contribution is -2.27. The van der Waals surface area contributed by atoms with E-state index in [4.69, 9.17) is 10.2 Å². The molecule has 0 unspecified atom stereocenters. The van der Waals surface area contributed by atoms with Crippen LogP contribution in [0.15, 0.2) is 0 Å². The van der Waals surface area contributed by atoms with Crippen LogP contribution in [0.3, 0.4) is 0 Å². The Bertz CT molecular complexity index is 118. The summed E-state index contributed by atoms with van der Waals surface area (Å²) < 4.78 is 17.6. The smallest absolute Gasteiger partial charge is 0.235 e. The molecule has 1 aliphatic heterocycles. The van der Waals surface area contributed by atoms with E-state index < -0.39 is 24.7 Å². The number of aliphatic hydroxyl groups excluding tert-OH is 2. The van der Waals surface area contributed by atoms with Crippen molar-refractivity contribution in [1.29, 1.82) is 0 Å². The van der Waals surface area contributed by atoms with Gasteiger partial charge in [-0.05, 0) is 6.92 Å². The number of alkyl halides is 1. The fraction of sp³-hybridized carbons (Fsp3) is 1.00. The molecule has 0 bridgehead atoms. The molecule has 4 heteroatoms. The molecule has 60 valence electrons. The minimum Gasteiger partial charge on any atom is -0.390 e. The van der Waals surface area contributed by atoms with E-state index in [-0.39, 0.29) is 6.42 Å². The standard InChI is InChI=1S/C6H11FO3/c1-4-5(9)2-6(7,3-8)10-4/h4-5,8-9H,2-3H2,1H3/t4-,5+,6-/m0/s1. The fourth-order valence-corrected chi connectivity index (χ4v) is 1.04. The van der Waals surface area contributed by atoms with Crippen molar-refractivity contribution in [2.75, 3.05) is 6.61 Å². The third kappa shape index (κ3) is 1.28. The van der Waals surface area contributed by atoms with Gasteiger partial charge in [-0.15, -0.1) is 0 Å². The second kappa shape index (κ2) is 2.45. The van der Waals surface area contributed by atoms with Crippen molar-refractivity contribution >= 4 is 0 Å². The summed E-state index contributed by atoms with van der Waals surface area (Å²) in [5.74, 6) is -2.02. The molecule has 0 aliphatic carbocycles. The first-order valence-corrected chi connectivity index (χ1v) is 3.23. The third-order valence-electron chi connectivity index (χ3n) is 1.69. The molecule has 10 heavy (non-hydrogen) atoms. The molecule has 0 saturated carbocycles. The fourth-order valence-electron chi connectivity index (χ4n) is 1.04. The number of ether oxygens (including phenoxy) is 1. The zero-order valence-electron chi connectivity index (χ0n) is 5.75. The molecular weight excluding hydrogens is 139 g/mol. The Morgan fingerprint density at radius 1 is 1.80 bits per heavy atom. The van der Waals surface area contributed by atoms with Crippen molar-refractivity contribution in [1.82, 2.24) is 0 Å². The van der Waals surface area contributed by atoms with Crippen LogP contribution < -0.4 is 0 Å². The van der Waals surface area contributed by atoms with E-state index in [1.807, 2.05) is 0 Å². The number of aliphatic hydroxyl groups is 2. The van der Waals surface area contributed by atoms with Gasteiger partial charge in [-0.25, -0.2) is 4.39 Å². The Morgan fingerprint density at radius 2 is 2.40 bits per heavy atom. The maximum absolute atomic E-state index is 12.9. The molecule has 3 atom stereocenters. The first kappa shape index (κ1) is 7.91. The highest BCUT2D eigenvalue weighted by Crippen LogP contribution is 2.31. The van der Waals surface area contributed by atoms with Crippen LogP contribution in [0.1, 0.15) is 13.3 Å². The van der Waals surface area contributed by atoms with Crippen LogP contribution in [-0.2, 0) is 4.74 Å². The average molecular weight is 150 g/mol. The molecule has 0 aromatic rings. The normalized spacial score (nSPS) is 48.0. The summed E-state index contributed by atoms with van der Waals surface area (Å²) in [5.41, 5.74) is 0. The minimum atomic E-state index is -2.02. The third-order valence-corrected chi connectivity index (χ3v) is 1.69. The first-order valence-electron chi connectivity index (χ1n) is 3.23. The van der Waals surface area contributed by atoms with Gasteiger partial charge in [0.2, 0.25) is 5.85 Å². The Balaban J connectivity index is 2.55. The molecule has 1 saturated heterocycles. The topological polar surface area (TPSA) is 49.7 Å². The van der Waals surface area contributed by atoms with Crippen LogP contribution in [-0.4, -0.2) is 34.9 Å². The van der Waals surface area contributed by atoms with E-state index in [9.17, 15) is 4.39 Å². The molecule has 2 N–H and O–H groups in total. The highest BCUT2D eigenvalue weighted by Gasteiger charge is 2.43.